The average molecular weight is 163 g/mol. The topological polar surface area (TPSA) is 66.4 Å². The zero-order chi connectivity index (χ0) is 7.98. The molecule has 0 saturated carbocycles. The van der Waals surface area contributed by atoms with Crippen molar-refractivity contribution < 1.29 is 14.7 Å². The molecule has 0 aromatic heterocycles. The van der Waals surface area contributed by atoms with Gasteiger partial charge in [0.05, 0.1) is 8.73 Å². The van der Waals surface area contributed by atoms with E-state index in [9.17, 15) is 9.59 Å². The van der Waals surface area contributed by atoms with E-state index in [2.05, 4.69) is 5.09 Å². The second kappa shape index (κ2) is 5.18. The fourth-order valence-electron chi connectivity index (χ4n) is 0.413. The first-order valence-corrected chi connectivity index (χ1v) is 3.94. The maximum Gasteiger partial charge on any atom is 0.341 e. The molecule has 1 atom stereocenters. The lowest BCUT2D eigenvalue weighted by Gasteiger charge is -1.97. The number of carbonyl (C=O) groups is 2. The van der Waals surface area contributed by atoms with Gasteiger partial charge in [-0.25, -0.2) is 4.79 Å². The molecular weight excluding hydrogens is 153 g/mol. The molecule has 0 aliphatic heterocycles. The molecule has 0 heterocycles. The zero-order valence-corrected chi connectivity index (χ0v) is 6.68. The summed E-state index contributed by atoms with van der Waals surface area (Å²) in [5, 5.41) is 10.4. The minimum atomic E-state index is -0.982. The quantitative estimate of drug-likeness (QED) is 0.611. The summed E-state index contributed by atoms with van der Waals surface area (Å²) in [4.78, 5) is 20.5. The van der Waals surface area contributed by atoms with Gasteiger partial charge in [0.1, 0.15) is 0 Å². The van der Waals surface area contributed by atoms with Gasteiger partial charge in [0.15, 0.2) is 0 Å². The number of hydrogen-bond donors (Lipinski definition) is 2. The van der Waals surface area contributed by atoms with Crippen LogP contribution in [0.1, 0.15) is 19.8 Å². The van der Waals surface area contributed by atoms with Gasteiger partial charge < -0.3 is 10.2 Å². The molecule has 1 unspecified atom stereocenters. The van der Waals surface area contributed by atoms with Crippen LogP contribution in [0.5, 0.6) is 0 Å². The third-order valence-electron chi connectivity index (χ3n) is 0.786. The van der Waals surface area contributed by atoms with Crippen molar-refractivity contribution in [2.45, 2.75) is 19.8 Å². The Morgan fingerprint density at radius 2 is 2.20 bits per heavy atom. The number of nitrogens with one attached hydrogen (secondary N) is 1. The van der Waals surface area contributed by atoms with Gasteiger partial charge in [0.25, 0.3) is 0 Å². The summed E-state index contributed by atoms with van der Waals surface area (Å²) >= 11 is 0. The highest BCUT2D eigenvalue weighted by molar-refractivity contribution is 7.55. The third-order valence-corrected chi connectivity index (χ3v) is 1.40. The predicted octanol–water partition coefficient (Wildman–Crippen LogP) is 1.17. The fourth-order valence-corrected chi connectivity index (χ4v) is 0.784. The van der Waals surface area contributed by atoms with Gasteiger partial charge in [-0.15, -0.1) is 0 Å². The van der Waals surface area contributed by atoms with Crippen molar-refractivity contribution in [2.75, 3.05) is 0 Å². The van der Waals surface area contributed by atoms with Crippen LogP contribution < -0.4 is 5.09 Å². The summed E-state index contributed by atoms with van der Waals surface area (Å²) in [6.07, 6.45) is 1.15. The molecule has 0 aliphatic carbocycles. The normalized spacial score (nSPS) is 10.1. The minimum absolute atomic E-state index is 0.191. The molecule has 4 nitrogen and oxygen atoms in total. The molecule has 2 N–H and O–H groups in total. The van der Waals surface area contributed by atoms with E-state index >= 15 is 0 Å². The van der Waals surface area contributed by atoms with Crippen molar-refractivity contribution in [3.8, 4) is 0 Å². The van der Waals surface area contributed by atoms with Crippen LogP contribution in [0, 0.1) is 0 Å². The van der Waals surface area contributed by atoms with E-state index in [1.165, 1.54) is 0 Å². The summed E-state index contributed by atoms with van der Waals surface area (Å²) in [6, 6.07) is 0. The highest BCUT2D eigenvalue weighted by Gasteiger charge is 2.00. The Bertz CT molecular complexity index is 137. The molecule has 0 radical (unpaired) electrons. The van der Waals surface area contributed by atoms with Gasteiger partial charge in [-0.1, -0.05) is 6.92 Å². The van der Waals surface area contributed by atoms with Crippen LogP contribution >= 0.6 is 8.73 Å². The molecule has 0 aromatic rings. The number of carbonyl (C=O) groups excluding carboxylic acids is 1. The largest absolute Gasteiger partial charge is 0.477 e. The Kier molecular flexibility index (Phi) is 4.85. The van der Waals surface area contributed by atoms with E-state index in [1.54, 1.807) is 0 Å². The van der Waals surface area contributed by atoms with E-state index in [0.717, 1.165) is 6.42 Å². The smallest absolute Gasteiger partial charge is 0.341 e. The summed E-state index contributed by atoms with van der Waals surface area (Å²) in [7, 11) is -0.504. The molecule has 0 rings (SSSR count). The first kappa shape index (κ1) is 9.37. The molecule has 1 amide bonds. The van der Waals surface area contributed by atoms with Crippen LogP contribution in [0.2, 0.25) is 0 Å². The maximum atomic E-state index is 10.6. The van der Waals surface area contributed by atoms with Crippen molar-refractivity contribution in [1.82, 2.24) is 5.09 Å². The van der Waals surface area contributed by atoms with E-state index < -0.39 is 14.4 Å². The maximum absolute atomic E-state index is 10.6. The van der Waals surface area contributed by atoms with Gasteiger partial charge in [-0.3, -0.25) is 4.79 Å². The lowest BCUT2D eigenvalue weighted by atomic mass is 10.3. The van der Waals surface area contributed by atoms with E-state index in [-0.39, 0.29) is 5.91 Å². The van der Waals surface area contributed by atoms with Crippen LogP contribution in [-0.2, 0) is 4.79 Å². The second-order valence-electron chi connectivity index (χ2n) is 1.73. The Labute approximate surface area is 60.8 Å². The third kappa shape index (κ3) is 5.51. The van der Waals surface area contributed by atoms with Gasteiger partial charge in [0, 0.05) is 6.42 Å². The van der Waals surface area contributed by atoms with Gasteiger partial charge in [0.2, 0.25) is 5.91 Å². The lowest BCUT2D eigenvalue weighted by molar-refractivity contribution is -0.119. The van der Waals surface area contributed by atoms with Crippen molar-refractivity contribution in [3.63, 3.8) is 0 Å². The molecule has 0 aromatic carbocycles. The van der Waals surface area contributed by atoms with Crippen LogP contribution in [-0.4, -0.2) is 16.7 Å². The van der Waals surface area contributed by atoms with E-state index in [1.807, 2.05) is 6.92 Å². The van der Waals surface area contributed by atoms with E-state index in [0.29, 0.717) is 6.42 Å². The van der Waals surface area contributed by atoms with Gasteiger partial charge in [-0.05, 0) is 6.42 Å². The second-order valence-corrected chi connectivity index (χ2v) is 2.66. The van der Waals surface area contributed by atoms with Crippen molar-refractivity contribution in [3.05, 3.63) is 0 Å². The Hall–Kier alpha value is -0.630. The van der Waals surface area contributed by atoms with Crippen molar-refractivity contribution in [2.24, 2.45) is 0 Å². The molecule has 10 heavy (non-hydrogen) atoms. The Balaban J connectivity index is 3.30. The standard InChI is InChI=1S/C5H10NO3P/c1-2-3-4(7)6-10-5(8)9/h10H,2-3H2,1H3,(H,6,7)(H,8,9). The highest BCUT2D eigenvalue weighted by atomic mass is 31.1. The SMILES string of the molecule is CCCC(=O)NPC(=O)O. The van der Waals surface area contributed by atoms with Crippen LogP contribution in [0.25, 0.3) is 0 Å². The van der Waals surface area contributed by atoms with Crippen molar-refractivity contribution in [1.29, 1.82) is 0 Å². The number of amides is 1. The van der Waals surface area contributed by atoms with Crippen LogP contribution in [0.3, 0.4) is 0 Å². The van der Waals surface area contributed by atoms with Gasteiger partial charge in [-0.2, -0.15) is 0 Å². The number of carboxylic acid groups (broad SMARTS) is 1. The molecule has 0 spiro atoms. The summed E-state index contributed by atoms with van der Waals surface area (Å²) in [5.74, 6) is -0.191. The number of hydrogen-bond acceptors (Lipinski definition) is 2. The minimum Gasteiger partial charge on any atom is -0.477 e. The first-order valence-electron chi connectivity index (χ1n) is 2.94. The highest BCUT2D eigenvalue weighted by Crippen LogP contribution is 2.03. The fraction of sp³-hybridized carbons (Fsp3) is 0.600. The number of rotatable bonds is 4. The Morgan fingerprint density at radius 1 is 1.60 bits per heavy atom. The molecule has 58 valence electrons. The summed E-state index contributed by atoms with van der Waals surface area (Å²) in [5.41, 5.74) is -0.982. The Morgan fingerprint density at radius 3 is 2.60 bits per heavy atom. The average Bonchev–Trinajstić information content (AvgIpc) is 1.85. The van der Waals surface area contributed by atoms with Crippen LogP contribution in [0.4, 0.5) is 4.79 Å². The first-order chi connectivity index (χ1) is 4.66. The molecule has 0 aliphatic rings. The summed E-state index contributed by atoms with van der Waals surface area (Å²) in [6.45, 7) is 1.86. The van der Waals surface area contributed by atoms with E-state index in [4.69, 9.17) is 5.11 Å². The molecule has 0 bridgehead atoms. The lowest BCUT2D eigenvalue weighted by Crippen LogP contribution is -2.14. The molecule has 0 fully saturated rings. The zero-order valence-electron chi connectivity index (χ0n) is 5.68. The molecule has 0 saturated heterocycles. The van der Waals surface area contributed by atoms with Crippen molar-refractivity contribution >= 4 is 20.3 Å². The van der Waals surface area contributed by atoms with Crippen LogP contribution in [0.15, 0.2) is 0 Å². The predicted molar refractivity (Wildman–Crippen MR) is 39.4 cm³/mol. The molecular formula is C5H10NO3P. The molecule has 5 heteroatoms. The monoisotopic (exact) mass is 163 g/mol. The summed E-state index contributed by atoms with van der Waals surface area (Å²) < 4.78 is 0. The van der Waals surface area contributed by atoms with Gasteiger partial charge >= 0.3 is 5.71 Å².